The van der Waals surface area contributed by atoms with E-state index in [1.807, 2.05) is 0 Å². The number of rotatable bonds is 3. The van der Waals surface area contributed by atoms with Crippen molar-refractivity contribution in [2.45, 2.75) is 17.2 Å². The minimum Gasteiger partial charge on any atom is -0.345 e. The Bertz CT molecular complexity index is 947. The van der Waals surface area contributed by atoms with E-state index in [0.717, 1.165) is 39.2 Å². The van der Waals surface area contributed by atoms with Crippen molar-refractivity contribution in [1.82, 2.24) is 9.29 Å². The molecule has 5 nitrogen and oxygen atoms in total. The molecular weight excluding hydrogens is 432 g/mol. The highest BCUT2D eigenvalue weighted by Gasteiger charge is 2.36. The van der Waals surface area contributed by atoms with Crippen LogP contribution in [0, 0.1) is 0 Å². The third kappa shape index (κ3) is 4.25. The minimum atomic E-state index is -4.68. The molecule has 2 aromatic rings. The zero-order valence-corrected chi connectivity index (χ0v) is 15.6. The molecule has 0 radical (unpaired) electrons. The van der Waals surface area contributed by atoms with Gasteiger partial charge in [-0.25, -0.2) is 13.4 Å². The Morgan fingerprint density at radius 2 is 1.61 bits per heavy atom. The van der Waals surface area contributed by atoms with E-state index in [1.165, 1.54) is 4.90 Å². The van der Waals surface area contributed by atoms with Crippen LogP contribution >= 0.6 is 11.3 Å². The Kier molecular flexibility index (Phi) is 5.36. The maximum atomic E-state index is 12.8. The largest absolute Gasteiger partial charge is 0.434 e. The van der Waals surface area contributed by atoms with Gasteiger partial charge in [-0.3, -0.25) is 0 Å². The molecular formula is C15H13F6N3O2S2. The molecule has 28 heavy (non-hydrogen) atoms. The molecule has 0 aliphatic carbocycles. The molecule has 0 saturated carbocycles. The number of anilines is 1. The number of piperazine rings is 1. The van der Waals surface area contributed by atoms with Gasteiger partial charge in [0.05, 0.1) is 10.5 Å². The van der Waals surface area contributed by atoms with Crippen molar-refractivity contribution in [3.05, 3.63) is 40.9 Å². The van der Waals surface area contributed by atoms with Crippen LogP contribution in [-0.2, 0) is 22.4 Å². The van der Waals surface area contributed by atoms with Gasteiger partial charge in [0, 0.05) is 31.6 Å². The summed E-state index contributed by atoms with van der Waals surface area (Å²) in [6.07, 6.45) is -9.24. The first kappa shape index (κ1) is 20.9. The lowest BCUT2D eigenvalue weighted by Crippen LogP contribution is -2.48. The Hall–Kier alpha value is -1.86. The molecule has 0 amide bonds. The lowest BCUT2D eigenvalue weighted by atomic mass is 10.2. The molecule has 1 aromatic carbocycles. The average Bonchev–Trinajstić information content (AvgIpc) is 3.12. The molecule has 13 heteroatoms. The topological polar surface area (TPSA) is 53.5 Å². The van der Waals surface area contributed by atoms with Gasteiger partial charge in [0.1, 0.15) is 0 Å². The van der Waals surface area contributed by atoms with E-state index in [-0.39, 0.29) is 31.3 Å². The number of hydrogen-bond acceptors (Lipinski definition) is 5. The number of benzene rings is 1. The van der Waals surface area contributed by atoms with E-state index in [0.29, 0.717) is 6.07 Å². The maximum Gasteiger partial charge on any atom is 0.434 e. The predicted molar refractivity (Wildman–Crippen MR) is 89.5 cm³/mol. The number of nitrogens with zero attached hydrogens (tertiary/aromatic N) is 3. The molecule has 1 saturated heterocycles. The molecule has 0 bridgehead atoms. The number of aromatic nitrogens is 1. The molecule has 0 atom stereocenters. The van der Waals surface area contributed by atoms with E-state index in [1.54, 1.807) is 0 Å². The van der Waals surface area contributed by atoms with E-state index >= 15 is 0 Å². The molecule has 1 aliphatic rings. The summed E-state index contributed by atoms with van der Waals surface area (Å²) in [5.74, 6) is 0. The van der Waals surface area contributed by atoms with Gasteiger partial charge in [-0.05, 0) is 18.2 Å². The van der Waals surface area contributed by atoms with Gasteiger partial charge in [0.2, 0.25) is 10.0 Å². The van der Waals surface area contributed by atoms with Crippen LogP contribution in [0.15, 0.2) is 34.5 Å². The number of thiazole rings is 1. The Labute approximate surface area is 160 Å². The molecule has 154 valence electrons. The third-order valence-corrected chi connectivity index (χ3v) is 6.89. The van der Waals surface area contributed by atoms with Crippen molar-refractivity contribution in [3.63, 3.8) is 0 Å². The van der Waals surface area contributed by atoms with Crippen molar-refractivity contribution in [3.8, 4) is 0 Å². The van der Waals surface area contributed by atoms with Gasteiger partial charge in [-0.2, -0.15) is 30.6 Å². The van der Waals surface area contributed by atoms with Gasteiger partial charge < -0.3 is 4.90 Å². The van der Waals surface area contributed by atoms with E-state index in [4.69, 9.17) is 0 Å². The van der Waals surface area contributed by atoms with Crippen LogP contribution in [-0.4, -0.2) is 43.9 Å². The van der Waals surface area contributed by atoms with Crippen LogP contribution in [0.5, 0.6) is 0 Å². The number of alkyl halides is 6. The minimum absolute atomic E-state index is 0.0724. The third-order valence-electron chi connectivity index (χ3n) is 4.09. The van der Waals surface area contributed by atoms with Gasteiger partial charge in [-0.1, -0.05) is 6.07 Å². The zero-order chi connectivity index (χ0) is 20.7. The standard InChI is InChI=1S/C15H13F6N3O2S2/c16-14(17,18)10-2-1-3-11(8-10)28(25,26)24-6-4-23(5-7-24)13-22-12(9-27-13)15(19,20)21/h1-3,8-9H,4-7H2. The fourth-order valence-electron chi connectivity index (χ4n) is 2.64. The molecule has 1 aromatic heterocycles. The van der Waals surface area contributed by atoms with E-state index < -0.39 is 38.5 Å². The second kappa shape index (κ2) is 7.19. The average molecular weight is 445 g/mol. The van der Waals surface area contributed by atoms with E-state index in [2.05, 4.69) is 4.98 Å². The van der Waals surface area contributed by atoms with Crippen LogP contribution in [0.25, 0.3) is 0 Å². The summed E-state index contributed by atoms with van der Waals surface area (Å²) in [7, 11) is -4.16. The van der Waals surface area contributed by atoms with Gasteiger partial charge in [-0.15, -0.1) is 11.3 Å². The molecule has 0 spiro atoms. The quantitative estimate of drug-likeness (QED) is 0.677. The van der Waals surface area contributed by atoms with Gasteiger partial charge in [0.15, 0.2) is 10.8 Å². The summed E-state index contributed by atoms with van der Waals surface area (Å²) in [6.45, 7) is -0.0228. The van der Waals surface area contributed by atoms with Crippen molar-refractivity contribution in [1.29, 1.82) is 0 Å². The summed E-state index contributed by atoms with van der Waals surface area (Å²) in [6, 6.07) is 3.43. The molecule has 0 N–H and O–H groups in total. The Morgan fingerprint density at radius 3 is 2.14 bits per heavy atom. The smallest absolute Gasteiger partial charge is 0.345 e. The first-order chi connectivity index (χ1) is 12.9. The summed E-state index contributed by atoms with van der Waals surface area (Å²) in [5.41, 5.74) is -2.10. The first-order valence-corrected chi connectivity index (χ1v) is 10.2. The normalized spacial score (nSPS) is 17.1. The highest BCUT2D eigenvalue weighted by molar-refractivity contribution is 7.89. The van der Waals surface area contributed by atoms with Crippen molar-refractivity contribution in [2.75, 3.05) is 31.1 Å². The van der Waals surface area contributed by atoms with Crippen LogP contribution in [0.2, 0.25) is 0 Å². The highest BCUT2D eigenvalue weighted by atomic mass is 32.2. The van der Waals surface area contributed by atoms with Crippen molar-refractivity contribution >= 4 is 26.5 Å². The fourth-order valence-corrected chi connectivity index (χ4v) is 5.00. The maximum absolute atomic E-state index is 12.8. The summed E-state index contributed by atoms with van der Waals surface area (Å²) >= 11 is 0.795. The molecule has 1 aliphatic heterocycles. The monoisotopic (exact) mass is 445 g/mol. The highest BCUT2D eigenvalue weighted by Crippen LogP contribution is 2.34. The van der Waals surface area contributed by atoms with Crippen LogP contribution in [0.3, 0.4) is 0 Å². The zero-order valence-electron chi connectivity index (χ0n) is 14.0. The molecule has 1 fully saturated rings. The summed E-state index contributed by atoms with van der Waals surface area (Å²) < 4.78 is 103. The van der Waals surface area contributed by atoms with Gasteiger partial charge >= 0.3 is 12.4 Å². The van der Waals surface area contributed by atoms with Crippen LogP contribution in [0.4, 0.5) is 31.5 Å². The van der Waals surface area contributed by atoms with Crippen molar-refractivity contribution < 1.29 is 34.8 Å². The number of halogens is 6. The summed E-state index contributed by atoms with van der Waals surface area (Å²) in [5, 5.41) is 0.990. The van der Waals surface area contributed by atoms with Crippen LogP contribution in [0.1, 0.15) is 11.3 Å². The Balaban J connectivity index is 1.73. The SMILES string of the molecule is O=S(=O)(c1cccc(C(F)(F)F)c1)N1CCN(c2nc(C(F)(F)F)cs2)CC1. The van der Waals surface area contributed by atoms with E-state index in [9.17, 15) is 34.8 Å². The summed E-state index contributed by atoms with van der Waals surface area (Å²) in [4.78, 5) is 4.55. The molecule has 3 rings (SSSR count). The molecule has 2 heterocycles. The first-order valence-electron chi connectivity index (χ1n) is 7.84. The van der Waals surface area contributed by atoms with Crippen molar-refractivity contribution in [2.24, 2.45) is 0 Å². The number of sulfonamides is 1. The molecule has 0 unspecified atom stereocenters. The predicted octanol–water partition coefficient (Wildman–Crippen LogP) is 3.69. The Morgan fingerprint density at radius 1 is 0.964 bits per heavy atom. The lowest BCUT2D eigenvalue weighted by Gasteiger charge is -2.33. The fraction of sp³-hybridized carbons (Fsp3) is 0.400. The second-order valence-electron chi connectivity index (χ2n) is 5.93. The second-order valence-corrected chi connectivity index (χ2v) is 8.70. The van der Waals surface area contributed by atoms with Gasteiger partial charge in [0.25, 0.3) is 0 Å². The number of hydrogen-bond donors (Lipinski definition) is 0. The lowest BCUT2D eigenvalue weighted by molar-refractivity contribution is -0.140. The van der Waals surface area contributed by atoms with Crippen LogP contribution < -0.4 is 4.90 Å².